The summed E-state index contributed by atoms with van der Waals surface area (Å²) in [5.74, 6) is -3.17. The number of hydrogen-bond donors (Lipinski definition) is 1. The lowest BCUT2D eigenvalue weighted by Gasteiger charge is -2.38. The van der Waals surface area contributed by atoms with Gasteiger partial charge < -0.3 is 19.7 Å². The van der Waals surface area contributed by atoms with Gasteiger partial charge in [-0.25, -0.2) is 18.0 Å². The fourth-order valence-corrected chi connectivity index (χ4v) is 3.17. The number of amides is 2. The number of rotatable bonds is 1. The van der Waals surface area contributed by atoms with Crippen LogP contribution in [0.5, 0.6) is 5.75 Å². The third kappa shape index (κ3) is 4.18. The van der Waals surface area contributed by atoms with Crippen LogP contribution >= 0.6 is 0 Å². The van der Waals surface area contributed by atoms with Crippen LogP contribution in [0.2, 0.25) is 0 Å². The van der Waals surface area contributed by atoms with Crippen molar-refractivity contribution in [1.82, 2.24) is 10.2 Å². The number of nitrogens with one attached hydrogen (secondary N) is 1. The zero-order valence-electron chi connectivity index (χ0n) is 14.2. The molecule has 3 rings (SSSR count). The quantitative estimate of drug-likeness (QED) is 0.839. The van der Waals surface area contributed by atoms with E-state index < -0.39 is 42.6 Å². The first kappa shape index (κ1) is 17.8. The highest BCUT2D eigenvalue weighted by atomic mass is 19.3. The highest BCUT2D eigenvalue weighted by molar-refractivity contribution is 5.75. The van der Waals surface area contributed by atoms with Crippen molar-refractivity contribution >= 4 is 6.03 Å². The zero-order valence-corrected chi connectivity index (χ0v) is 14.2. The van der Waals surface area contributed by atoms with Crippen LogP contribution < -0.4 is 10.1 Å². The Labute approximate surface area is 144 Å². The molecule has 0 aliphatic carbocycles. The van der Waals surface area contributed by atoms with Gasteiger partial charge in [0.15, 0.2) is 0 Å². The van der Waals surface area contributed by atoms with Gasteiger partial charge >= 0.3 is 6.03 Å². The number of carbonyl (C=O) groups excluding carboxylic acids is 1. The Morgan fingerprint density at radius 3 is 2.88 bits per heavy atom. The van der Waals surface area contributed by atoms with Crippen LogP contribution in [0.1, 0.15) is 31.9 Å². The topological polar surface area (TPSA) is 50.8 Å². The predicted molar refractivity (Wildman–Crippen MR) is 84.3 cm³/mol. The van der Waals surface area contributed by atoms with Crippen molar-refractivity contribution < 1.29 is 27.4 Å². The van der Waals surface area contributed by atoms with E-state index in [0.717, 1.165) is 4.90 Å². The molecule has 2 heterocycles. The van der Waals surface area contributed by atoms with Crippen molar-refractivity contribution in [1.29, 1.82) is 0 Å². The fourth-order valence-electron chi connectivity index (χ4n) is 3.17. The summed E-state index contributed by atoms with van der Waals surface area (Å²) in [5.41, 5.74) is 0.0109. The number of alkyl halides is 2. The highest BCUT2D eigenvalue weighted by Crippen LogP contribution is 2.39. The molecule has 1 fully saturated rings. The van der Waals surface area contributed by atoms with Crippen molar-refractivity contribution in [2.75, 3.05) is 26.3 Å². The maximum absolute atomic E-state index is 13.7. The summed E-state index contributed by atoms with van der Waals surface area (Å²) >= 11 is 0. The van der Waals surface area contributed by atoms with Gasteiger partial charge in [-0.1, -0.05) is 6.07 Å². The molecule has 1 atom stereocenters. The predicted octanol–water partition coefficient (Wildman–Crippen LogP) is 3.11. The van der Waals surface area contributed by atoms with Gasteiger partial charge in [0, 0.05) is 24.6 Å². The SMILES string of the molecule is CC1(C)CC(NC(=O)N2CCOCC(F)(F)C2)c2ccc(F)cc2O1. The summed E-state index contributed by atoms with van der Waals surface area (Å²) in [6.07, 6.45) is 0.443. The molecule has 0 saturated carbocycles. The van der Waals surface area contributed by atoms with E-state index in [-0.39, 0.29) is 13.2 Å². The van der Waals surface area contributed by atoms with Crippen molar-refractivity contribution in [3.63, 3.8) is 0 Å². The molecule has 0 spiro atoms. The molecule has 8 heteroatoms. The number of fused-ring (bicyclic) bond motifs is 1. The summed E-state index contributed by atoms with van der Waals surface area (Å²) < 4.78 is 51.4. The fraction of sp³-hybridized carbons (Fsp3) is 0.588. The number of benzene rings is 1. The maximum atomic E-state index is 13.7. The molecule has 1 saturated heterocycles. The normalized spacial score (nSPS) is 24.7. The van der Waals surface area contributed by atoms with Crippen LogP contribution in [0.4, 0.5) is 18.0 Å². The van der Waals surface area contributed by atoms with E-state index in [0.29, 0.717) is 17.7 Å². The van der Waals surface area contributed by atoms with Crippen LogP contribution in [0.25, 0.3) is 0 Å². The minimum absolute atomic E-state index is 0.0596. The van der Waals surface area contributed by atoms with Gasteiger partial charge in [0.1, 0.15) is 23.8 Å². The number of halogens is 3. The monoisotopic (exact) mass is 358 g/mol. The Hall–Kier alpha value is -1.96. The van der Waals surface area contributed by atoms with Crippen LogP contribution in [-0.2, 0) is 4.74 Å². The van der Waals surface area contributed by atoms with Crippen LogP contribution in [0.15, 0.2) is 18.2 Å². The van der Waals surface area contributed by atoms with Gasteiger partial charge in [-0.05, 0) is 19.9 Å². The van der Waals surface area contributed by atoms with Crippen molar-refractivity contribution in [2.45, 2.75) is 37.8 Å². The second-order valence-corrected chi connectivity index (χ2v) is 7.08. The standard InChI is InChI=1S/C17H21F3N2O3/c1-16(2)8-13(12-4-3-11(18)7-14(12)25-16)21-15(23)22-5-6-24-10-17(19,20)9-22/h3-4,7,13H,5-6,8-10H2,1-2H3,(H,21,23). The third-order valence-corrected chi connectivity index (χ3v) is 4.26. The lowest BCUT2D eigenvalue weighted by Crippen LogP contribution is -2.49. The smallest absolute Gasteiger partial charge is 0.318 e. The summed E-state index contributed by atoms with van der Waals surface area (Å²) in [7, 11) is 0. The number of urea groups is 1. The molecular formula is C17H21F3N2O3. The van der Waals surface area contributed by atoms with E-state index in [4.69, 9.17) is 9.47 Å². The van der Waals surface area contributed by atoms with Crippen molar-refractivity contribution in [3.8, 4) is 5.75 Å². The first-order valence-corrected chi connectivity index (χ1v) is 8.15. The van der Waals surface area contributed by atoms with Crippen LogP contribution in [0, 0.1) is 5.82 Å². The Morgan fingerprint density at radius 1 is 1.36 bits per heavy atom. The lowest BCUT2D eigenvalue weighted by atomic mass is 9.89. The zero-order chi connectivity index (χ0) is 18.2. The summed E-state index contributed by atoms with van der Waals surface area (Å²) in [6.45, 7) is 2.42. The molecule has 0 bridgehead atoms. The van der Waals surface area contributed by atoms with E-state index in [1.54, 1.807) is 6.07 Å². The molecule has 25 heavy (non-hydrogen) atoms. The first-order valence-electron chi connectivity index (χ1n) is 8.15. The number of ether oxygens (including phenoxy) is 2. The summed E-state index contributed by atoms with van der Waals surface area (Å²) in [6, 6.07) is 3.05. The van der Waals surface area contributed by atoms with E-state index in [1.165, 1.54) is 12.1 Å². The lowest BCUT2D eigenvalue weighted by molar-refractivity contribution is -0.0653. The molecule has 2 aliphatic rings. The Kier molecular flexibility index (Phi) is 4.57. The second kappa shape index (κ2) is 6.40. The highest BCUT2D eigenvalue weighted by Gasteiger charge is 2.39. The third-order valence-electron chi connectivity index (χ3n) is 4.26. The molecule has 0 radical (unpaired) electrons. The van der Waals surface area contributed by atoms with Crippen LogP contribution in [-0.4, -0.2) is 48.8 Å². The molecule has 0 aromatic heterocycles. The summed E-state index contributed by atoms with van der Waals surface area (Å²) in [5, 5.41) is 2.78. The molecule has 1 aromatic rings. The molecular weight excluding hydrogens is 337 g/mol. The molecule has 5 nitrogen and oxygen atoms in total. The van der Waals surface area contributed by atoms with Gasteiger partial charge in [-0.2, -0.15) is 0 Å². The Balaban J connectivity index is 1.79. The molecule has 1 N–H and O–H groups in total. The summed E-state index contributed by atoms with van der Waals surface area (Å²) in [4.78, 5) is 13.6. The number of hydrogen-bond acceptors (Lipinski definition) is 3. The first-order chi connectivity index (χ1) is 11.7. The number of nitrogens with zero attached hydrogens (tertiary/aromatic N) is 1. The average molecular weight is 358 g/mol. The van der Waals surface area contributed by atoms with Crippen LogP contribution in [0.3, 0.4) is 0 Å². The maximum Gasteiger partial charge on any atom is 0.318 e. The van der Waals surface area contributed by atoms with E-state index in [9.17, 15) is 18.0 Å². The molecule has 1 aromatic carbocycles. The molecule has 2 aliphatic heterocycles. The van der Waals surface area contributed by atoms with Gasteiger partial charge in [0.25, 0.3) is 5.92 Å². The minimum atomic E-state index is -3.08. The van der Waals surface area contributed by atoms with E-state index in [1.807, 2.05) is 13.8 Å². The van der Waals surface area contributed by atoms with Gasteiger partial charge in [0.05, 0.1) is 19.2 Å². The molecule has 2 amide bonds. The van der Waals surface area contributed by atoms with Crippen molar-refractivity contribution in [2.24, 2.45) is 0 Å². The van der Waals surface area contributed by atoms with E-state index in [2.05, 4.69) is 5.32 Å². The molecule has 1 unspecified atom stereocenters. The minimum Gasteiger partial charge on any atom is -0.487 e. The molecule has 138 valence electrons. The Morgan fingerprint density at radius 2 is 2.12 bits per heavy atom. The number of carbonyl (C=O) groups is 1. The van der Waals surface area contributed by atoms with Crippen molar-refractivity contribution in [3.05, 3.63) is 29.6 Å². The Bertz CT molecular complexity index is 667. The average Bonchev–Trinajstić information content (AvgIpc) is 2.66. The second-order valence-electron chi connectivity index (χ2n) is 7.08. The van der Waals surface area contributed by atoms with E-state index >= 15 is 0 Å². The van der Waals surface area contributed by atoms with Gasteiger partial charge in [0.2, 0.25) is 0 Å². The van der Waals surface area contributed by atoms with Gasteiger partial charge in [-0.15, -0.1) is 0 Å². The van der Waals surface area contributed by atoms with Gasteiger partial charge in [-0.3, -0.25) is 0 Å². The largest absolute Gasteiger partial charge is 0.487 e.